The zero-order valence-electron chi connectivity index (χ0n) is 16.1. The maximum absolute atomic E-state index is 12.0. The van der Waals surface area contributed by atoms with E-state index in [-0.39, 0.29) is 23.5 Å². The van der Waals surface area contributed by atoms with Gasteiger partial charge in [0.2, 0.25) is 5.95 Å². The van der Waals surface area contributed by atoms with Gasteiger partial charge in [0.15, 0.2) is 17.5 Å². The largest absolute Gasteiger partial charge is 0.790 e. The van der Waals surface area contributed by atoms with Crippen molar-refractivity contribution in [2.24, 2.45) is 5.11 Å². The van der Waals surface area contributed by atoms with E-state index in [9.17, 15) is 38.1 Å². The first kappa shape index (κ1) is 26.4. The molecule has 2 aromatic rings. The van der Waals surface area contributed by atoms with Gasteiger partial charge >= 0.3 is 0 Å². The normalized spacial score (nSPS) is 24.4. The first-order chi connectivity index (χ1) is 15.7. The van der Waals surface area contributed by atoms with Gasteiger partial charge in [-0.2, -0.15) is 4.98 Å². The van der Waals surface area contributed by atoms with Crippen molar-refractivity contribution in [3.63, 3.8) is 0 Å². The first-order valence-corrected chi connectivity index (χ1v) is 12.8. The number of nitrogen functional groups attached to an aromatic ring is 1. The highest BCUT2D eigenvalue weighted by Gasteiger charge is 2.41. The number of ether oxygens (including phenoxy) is 2. The molecule has 5 atom stereocenters. The monoisotopic (exact) mass is 544 g/mol. The summed E-state index contributed by atoms with van der Waals surface area (Å²) in [5, 5.41) is 3.09. The molecule has 188 valence electrons. The molecule has 24 heteroatoms. The van der Waals surface area contributed by atoms with Crippen LogP contribution in [-0.2, 0) is 36.3 Å². The molecule has 34 heavy (non-hydrogen) atoms. The molecular formula is C10H11N8O13P3-4. The van der Waals surface area contributed by atoms with Crippen molar-refractivity contribution in [1.29, 1.82) is 0 Å². The summed E-state index contributed by atoms with van der Waals surface area (Å²) in [6.07, 6.45) is -3.69. The van der Waals surface area contributed by atoms with Crippen molar-refractivity contribution in [2.45, 2.75) is 25.0 Å². The van der Waals surface area contributed by atoms with Gasteiger partial charge in [0.1, 0.15) is 19.1 Å². The fraction of sp³-hybridized carbons (Fsp3) is 0.500. The van der Waals surface area contributed by atoms with Crippen molar-refractivity contribution in [2.75, 3.05) is 12.5 Å². The molecule has 1 aliphatic rings. The molecule has 0 amide bonds. The zero-order valence-corrected chi connectivity index (χ0v) is 18.8. The highest BCUT2D eigenvalue weighted by molar-refractivity contribution is 7.64. The lowest BCUT2D eigenvalue weighted by molar-refractivity contribution is -0.339. The summed E-state index contributed by atoms with van der Waals surface area (Å²) in [6, 6.07) is 0. The SMILES string of the molecule is [N-]=[N+]=NCO[C@H]1C[C@@H](n2cnc3c(=O)[nH]c(N)nc32)O[C@H]1OP(=O)([O-])OP(=O)([O-])OP(=O)([O-])[O-]. The number of fused-ring (bicyclic) bond motifs is 1. The molecule has 3 N–H and O–H groups in total. The summed E-state index contributed by atoms with van der Waals surface area (Å²) in [7, 11) is -18.4. The number of hydrogen-bond acceptors (Lipinski definition) is 17. The molecule has 0 aliphatic carbocycles. The molecule has 3 heterocycles. The van der Waals surface area contributed by atoms with Gasteiger partial charge in [-0.25, -0.2) is 9.29 Å². The van der Waals surface area contributed by atoms with Crippen molar-refractivity contribution in [3.05, 3.63) is 27.1 Å². The Kier molecular flexibility index (Phi) is 7.61. The minimum absolute atomic E-state index is 0.0821. The topological polar surface area (TPSA) is 328 Å². The Hall–Kier alpha value is -2.21. The molecule has 3 rings (SSSR count). The lowest BCUT2D eigenvalue weighted by Gasteiger charge is -2.38. The Morgan fingerprint density at radius 1 is 1.29 bits per heavy atom. The summed E-state index contributed by atoms with van der Waals surface area (Å²) in [5.74, 6) is -0.279. The fourth-order valence-corrected chi connectivity index (χ4v) is 5.68. The van der Waals surface area contributed by atoms with Gasteiger partial charge in [-0.15, -0.1) is 0 Å². The van der Waals surface area contributed by atoms with E-state index in [0.717, 1.165) is 10.9 Å². The Bertz CT molecular complexity index is 1320. The number of azide groups is 1. The van der Waals surface area contributed by atoms with Gasteiger partial charge in [-0.3, -0.25) is 32.3 Å². The number of nitrogens with one attached hydrogen (secondary N) is 1. The summed E-state index contributed by atoms with van der Waals surface area (Å²) in [6.45, 7) is -0.643. The number of imidazole rings is 1. The van der Waals surface area contributed by atoms with Crippen LogP contribution in [0.5, 0.6) is 0 Å². The second-order valence-corrected chi connectivity index (χ2v) is 10.3. The van der Waals surface area contributed by atoms with Gasteiger partial charge in [0.05, 0.1) is 14.2 Å². The molecule has 2 unspecified atom stereocenters. The number of aromatic amines is 1. The van der Waals surface area contributed by atoms with E-state index in [1.807, 2.05) is 0 Å². The molecular weight excluding hydrogens is 533 g/mol. The lowest BCUT2D eigenvalue weighted by atomic mass is 10.2. The number of hydrogen-bond donors (Lipinski definition) is 2. The van der Waals surface area contributed by atoms with Crippen LogP contribution in [0.3, 0.4) is 0 Å². The first-order valence-electron chi connectivity index (χ1n) is 8.45. The van der Waals surface area contributed by atoms with Gasteiger partial charge in [0, 0.05) is 11.3 Å². The van der Waals surface area contributed by atoms with E-state index in [1.165, 1.54) is 0 Å². The van der Waals surface area contributed by atoms with Gasteiger partial charge in [-0.05, 0) is 5.53 Å². The summed E-state index contributed by atoms with van der Waals surface area (Å²) < 4.78 is 56.5. The highest BCUT2D eigenvalue weighted by atomic mass is 31.3. The smallest absolute Gasteiger partial charge is 0.280 e. The number of H-pyrrole nitrogens is 1. The van der Waals surface area contributed by atoms with Crippen LogP contribution in [-0.4, -0.2) is 38.6 Å². The molecule has 1 fully saturated rings. The van der Waals surface area contributed by atoms with Crippen molar-refractivity contribution in [3.8, 4) is 0 Å². The fourth-order valence-electron chi connectivity index (χ4n) is 2.74. The number of rotatable bonds is 10. The maximum Gasteiger partial charge on any atom is 0.280 e. The van der Waals surface area contributed by atoms with E-state index in [2.05, 4.69) is 38.1 Å². The van der Waals surface area contributed by atoms with Crippen LogP contribution in [0.15, 0.2) is 16.2 Å². The lowest BCUT2D eigenvalue weighted by Crippen LogP contribution is -2.29. The Balaban J connectivity index is 1.84. The highest BCUT2D eigenvalue weighted by Crippen LogP contribution is 2.61. The predicted molar refractivity (Wildman–Crippen MR) is 96.0 cm³/mol. The number of nitrogens with zero attached hydrogens (tertiary/aromatic N) is 6. The second-order valence-electron chi connectivity index (χ2n) is 6.15. The van der Waals surface area contributed by atoms with Crippen LogP contribution in [0.4, 0.5) is 5.95 Å². The average Bonchev–Trinajstić information content (AvgIpc) is 3.22. The van der Waals surface area contributed by atoms with Crippen LogP contribution in [0.2, 0.25) is 0 Å². The van der Waals surface area contributed by atoms with Crippen LogP contribution in [0, 0.1) is 0 Å². The third-order valence-electron chi connectivity index (χ3n) is 3.83. The van der Waals surface area contributed by atoms with Crippen molar-refractivity contribution in [1.82, 2.24) is 19.5 Å². The van der Waals surface area contributed by atoms with E-state index in [1.54, 1.807) is 0 Å². The third-order valence-corrected chi connectivity index (χ3v) is 7.50. The van der Waals surface area contributed by atoms with Gasteiger partial charge in [0.25, 0.3) is 21.2 Å². The Morgan fingerprint density at radius 3 is 2.65 bits per heavy atom. The average molecular weight is 544 g/mol. The van der Waals surface area contributed by atoms with Crippen LogP contribution in [0.25, 0.3) is 21.6 Å². The molecule has 2 aromatic heterocycles. The van der Waals surface area contributed by atoms with Crippen LogP contribution < -0.4 is 30.9 Å². The molecule has 1 aliphatic heterocycles. The molecule has 0 bridgehead atoms. The second kappa shape index (κ2) is 9.80. The minimum atomic E-state index is -6.22. The molecule has 0 aromatic carbocycles. The van der Waals surface area contributed by atoms with Crippen LogP contribution in [0.1, 0.15) is 12.6 Å². The van der Waals surface area contributed by atoms with Crippen molar-refractivity contribution >= 4 is 40.6 Å². The van der Waals surface area contributed by atoms with Gasteiger partial charge in [-0.1, -0.05) is 5.11 Å². The minimum Gasteiger partial charge on any atom is -0.790 e. The standard InChI is InChI=1S/C10H15N8O13P3/c11-10-15-7-6(8(19)16-10)13-2-18(7)5-1-4(27-3-14-17-12)9(28-5)29-33(23,24)31-34(25,26)30-32(20,21)22/h2,4-5,9H,1,3H2,(H,23,24)(H,25,26)(H2,20,21,22)(H3,11,15,16,19)/p-4/t4-,5-,9-/m0/s1. The van der Waals surface area contributed by atoms with Gasteiger partial charge < -0.3 is 39.3 Å². The number of nitrogens with two attached hydrogens (primary N) is 1. The molecule has 0 spiro atoms. The van der Waals surface area contributed by atoms with Crippen LogP contribution >= 0.6 is 23.5 Å². The third kappa shape index (κ3) is 6.68. The summed E-state index contributed by atoms with van der Waals surface area (Å²) in [5.41, 5.74) is 12.9. The molecule has 21 nitrogen and oxygen atoms in total. The summed E-state index contributed by atoms with van der Waals surface area (Å²) >= 11 is 0. The predicted octanol–water partition coefficient (Wildman–Crippen LogP) is -2.58. The summed E-state index contributed by atoms with van der Waals surface area (Å²) in [4.78, 5) is 68.5. The number of aromatic nitrogens is 4. The molecule has 1 saturated heterocycles. The van der Waals surface area contributed by atoms with Crippen molar-refractivity contribution < 1.29 is 55.9 Å². The number of anilines is 1. The number of phosphoric acid groups is 3. The van der Waals surface area contributed by atoms with E-state index in [0.29, 0.717) is 0 Å². The van der Waals surface area contributed by atoms with E-state index >= 15 is 0 Å². The maximum atomic E-state index is 12.0. The van der Waals surface area contributed by atoms with E-state index in [4.69, 9.17) is 20.7 Å². The molecule has 0 radical (unpaired) electrons. The van der Waals surface area contributed by atoms with E-state index < -0.39 is 54.4 Å². The number of phosphoric ester groups is 1. The quantitative estimate of drug-likeness (QED) is 0.134. The Morgan fingerprint density at radius 2 is 2.00 bits per heavy atom. The zero-order chi connectivity index (χ0) is 25.3. The molecule has 0 saturated carbocycles. The Labute approximate surface area is 186 Å².